The molecule has 0 fully saturated rings. The van der Waals surface area contributed by atoms with Gasteiger partial charge in [0.05, 0.1) is 19.2 Å². The highest BCUT2D eigenvalue weighted by atomic mass is 32.1. The molecule has 0 saturated carbocycles. The lowest BCUT2D eigenvalue weighted by atomic mass is 10.2. The summed E-state index contributed by atoms with van der Waals surface area (Å²) in [6.45, 7) is 1.97. The Morgan fingerprint density at radius 3 is 2.85 bits per heavy atom. The van der Waals surface area contributed by atoms with E-state index in [4.69, 9.17) is 4.42 Å². The molecule has 106 valence electrons. The molecule has 2 N–H and O–H groups in total. The van der Waals surface area contributed by atoms with E-state index < -0.39 is 6.04 Å². The first-order valence-electron chi connectivity index (χ1n) is 6.27. The standard InChI is InChI=1S/C14H16N2O3S/c1-10(14(18)15-9-11-4-2-6-19-11)16-13(17)8-12-5-3-7-20-12/h2-7,10H,8-9H2,1H3,(H,15,18)(H,16,17)/t10-/m1/s1. The monoisotopic (exact) mass is 292 g/mol. The van der Waals surface area contributed by atoms with Crippen LogP contribution in [0.3, 0.4) is 0 Å². The maximum Gasteiger partial charge on any atom is 0.242 e. The van der Waals surface area contributed by atoms with E-state index in [0.29, 0.717) is 18.7 Å². The zero-order valence-electron chi connectivity index (χ0n) is 11.1. The Hall–Kier alpha value is -2.08. The van der Waals surface area contributed by atoms with Crippen LogP contribution in [0.5, 0.6) is 0 Å². The van der Waals surface area contributed by atoms with Crippen molar-refractivity contribution in [3.05, 3.63) is 46.5 Å². The number of nitrogens with one attached hydrogen (secondary N) is 2. The molecule has 2 aromatic rings. The van der Waals surface area contributed by atoms with Crippen molar-refractivity contribution in [3.8, 4) is 0 Å². The Balaban J connectivity index is 1.74. The van der Waals surface area contributed by atoms with Gasteiger partial charge in [-0.05, 0) is 30.5 Å². The summed E-state index contributed by atoms with van der Waals surface area (Å²) < 4.78 is 5.11. The lowest BCUT2D eigenvalue weighted by Gasteiger charge is -2.13. The van der Waals surface area contributed by atoms with Crippen molar-refractivity contribution in [3.63, 3.8) is 0 Å². The average Bonchev–Trinajstić information content (AvgIpc) is 3.08. The smallest absolute Gasteiger partial charge is 0.242 e. The summed E-state index contributed by atoms with van der Waals surface area (Å²) >= 11 is 1.52. The molecule has 6 heteroatoms. The van der Waals surface area contributed by atoms with Crippen LogP contribution in [0.2, 0.25) is 0 Å². The fourth-order valence-electron chi connectivity index (χ4n) is 1.67. The minimum atomic E-state index is -0.572. The van der Waals surface area contributed by atoms with Gasteiger partial charge in [-0.25, -0.2) is 0 Å². The highest BCUT2D eigenvalue weighted by molar-refractivity contribution is 7.10. The number of thiophene rings is 1. The van der Waals surface area contributed by atoms with E-state index in [1.807, 2.05) is 17.5 Å². The first kappa shape index (κ1) is 14.3. The molecule has 5 nitrogen and oxygen atoms in total. The van der Waals surface area contributed by atoms with Crippen molar-refractivity contribution >= 4 is 23.2 Å². The molecule has 0 aliphatic heterocycles. The van der Waals surface area contributed by atoms with Crippen molar-refractivity contribution in [2.24, 2.45) is 0 Å². The van der Waals surface area contributed by atoms with Crippen LogP contribution in [0.1, 0.15) is 17.6 Å². The number of carbonyl (C=O) groups excluding carboxylic acids is 2. The minimum absolute atomic E-state index is 0.159. The van der Waals surface area contributed by atoms with Gasteiger partial charge in [0.2, 0.25) is 11.8 Å². The molecule has 2 amide bonds. The predicted octanol–water partition coefficient (Wildman–Crippen LogP) is 1.70. The van der Waals surface area contributed by atoms with Gasteiger partial charge in [0.25, 0.3) is 0 Å². The Labute approximate surface area is 121 Å². The second kappa shape index (κ2) is 6.91. The third-order valence-electron chi connectivity index (χ3n) is 2.70. The summed E-state index contributed by atoms with van der Waals surface area (Å²) in [6, 6.07) is 6.75. The van der Waals surface area contributed by atoms with Crippen molar-refractivity contribution in [2.45, 2.75) is 25.9 Å². The maximum absolute atomic E-state index is 11.8. The third kappa shape index (κ3) is 4.24. The van der Waals surface area contributed by atoms with E-state index in [9.17, 15) is 9.59 Å². The van der Waals surface area contributed by atoms with E-state index in [1.165, 1.54) is 11.3 Å². The number of hydrogen-bond acceptors (Lipinski definition) is 4. The second-order valence-corrected chi connectivity index (χ2v) is 5.37. The molecule has 0 spiro atoms. The number of furan rings is 1. The fourth-order valence-corrected chi connectivity index (χ4v) is 2.37. The molecule has 2 aromatic heterocycles. The van der Waals surface area contributed by atoms with Crippen molar-refractivity contribution in [1.82, 2.24) is 10.6 Å². The first-order chi connectivity index (χ1) is 9.65. The van der Waals surface area contributed by atoms with Gasteiger partial charge in [0.15, 0.2) is 0 Å². The van der Waals surface area contributed by atoms with Crippen LogP contribution in [0, 0.1) is 0 Å². The molecule has 0 aliphatic carbocycles. The molecule has 2 rings (SSSR count). The molecule has 0 saturated heterocycles. The van der Waals surface area contributed by atoms with Gasteiger partial charge in [-0.2, -0.15) is 0 Å². The normalized spacial score (nSPS) is 11.8. The summed E-state index contributed by atoms with van der Waals surface area (Å²) in [5.74, 6) is 0.282. The van der Waals surface area contributed by atoms with E-state index in [1.54, 1.807) is 25.3 Å². The highest BCUT2D eigenvalue weighted by Crippen LogP contribution is 2.08. The molecule has 20 heavy (non-hydrogen) atoms. The number of hydrogen-bond donors (Lipinski definition) is 2. The van der Waals surface area contributed by atoms with Crippen molar-refractivity contribution in [1.29, 1.82) is 0 Å². The van der Waals surface area contributed by atoms with Crippen LogP contribution in [0.25, 0.3) is 0 Å². The van der Waals surface area contributed by atoms with Gasteiger partial charge < -0.3 is 15.1 Å². The third-order valence-corrected chi connectivity index (χ3v) is 3.58. The van der Waals surface area contributed by atoms with Crippen molar-refractivity contribution in [2.75, 3.05) is 0 Å². The topological polar surface area (TPSA) is 71.3 Å². The summed E-state index contributed by atoms with van der Waals surface area (Å²) in [7, 11) is 0. The Kier molecular flexibility index (Phi) is 4.95. The highest BCUT2D eigenvalue weighted by Gasteiger charge is 2.15. The molecule has 0 bridgehead atoms. The van der Waals surface area contributed by atoms with Gasteiger partial charge >= 0.3 is 0 Å². The Morgan fingerprint density at radius 1 is 1.35 bits per heavy atom. The molecular weight excluding hydrogens is 276 g/mol. The van der Waals surface area contributed by atoms with Gasteiger partial charge in [-0.3, -0.25) is 9.59 Å². The second-order valence-electron chi connectivity index (χ2n) is 4.34. The minimum Gasteiger partial charge on any atom is -0.467 e. The molecule has 1 atom stereocenters. The van der Waals surface area contributed by atoms with Crippen LogP contribution in [0.15, 0.2) is 40.3 Å². The Morgan fingerprint density at radius 2 is 2.20 bits per heavy atom. The zero-order chi connectivity index (χ0) is 14.4. The molecule has 0 aromatic carbocycles. The maximum atomic E-state index is 11.8. The predicted molar refractivity (Wildman–Crippen MR) is 76.2 cm³/mol. The van der Waals surface area contributed by atoms with Crippen LogP contribution in [-0.2, 0) is 22.6 Å². The molecule has 0 unspecified atom stereocenters. The van der Waals surface area contributed by atoms with Gasteiger partial charge in [-0.1, -0.05) is 6.07 Å². The summed E-state index contributed by atoms with van der Waals surface area (Å²) in [5, 5.41) is 7.30. The molecular formula is C14H16N2O3S. The van der Waals surface area contributed by atoms with E-state index >= 15 is 0 Å². The quantitative estimate of drug-likeness (QED) is 0.851. The first-order valence-corrected chi connectivity index (χ1v) is 7.15. The summed E-state index contributed by atoms with van der Waals surface area (Å²) in [4.78, 5) is 24.5. The van der Waals surface area contributed by atoms with E-state index in [0.717, 1.165) is 4.88 Å². The van der Waals surface area contributed by atoms with Crippen molar-refractivity contribution < 1.29 is 14.0 Å². The van der Waals surface area contributed by atoms with Crippen LogP contribution in [0.4, 0.5) is 0 Å². The summed E-state index contributed by atoms with van der Waals surface area (Å²) in [6.07, 6.45) is 1.85. The lowest BCUT2D eigenvalue weighted by molar-refractivity contribution is -0.128. The fraction of sp³-hybridized carbons (Fsp3) is 0.286. The number of rotatable bonds is 6. The van der Waals surface area contributed by atoms with E-state index in [2.05, 4.69) is 10.6 Å². The van der Waals surface area contributed by atoms with E-state index in [-0.39, 0.29) is 11.8 Å². The SMILES string of the molecule is C[C@@H](NC(=O)Cc1cccs1)C(=O)NCc1ccco1. The van der Waals surface area contributed by atoms with Crippen LogP contribution >= 0.6 is 11.3 Å². The molecule has 2 heterocycles. The number of carbonyl (C=O) groups is 2. The lowest BCUT2D eigenvalue weighted by Crippen LogP contribution is -2.45. The average molecular weight is 292 g/mol. The Bertz CT molecular complexity index is 549. The zero-order valence-corrected chi connectivity index (χ0v) is 11.9. The van der Waals surface area contributed by atoms with Crippen LogP contribution in [-0.4, -0.2) is 17.9 Å². The molecule has 0 radical (unpaired) electrons. The largest absolute Gasteiger partial charge is 0.467 e. The summed E-state index contributed by atoms with van der Waals surface area (Å²) in [5.41, 5.74) is 0. The van der Waals surface area contributed by atoms with Crippen LogP contribution < -0.4 is 10.6 Å². The van der Waals surface area contributed by atoms with Gasteiger partial charge in [-0.15, -0.1) is 11.3 Å². The van der Waals surface area contributed by atoms with Gasteiger partial charge in [0.1, 0.15) is 11.8 Å². The van der Waals surface area contributed by atoms with Gasteiger partial charge in [0, 0.05) is 4.88 Å². The number of amides is 2. The molecule has 0 aliphatic rings.